The van der Waals surface area contributed by atoms with Gasteiger partial charge in [0.25, 0.3) is 5.56 Å². The van der Waals surface area contributed by atoms with Gasteiger partial charge in [0, 0.05) is 13.0 Å². The largest absolute Gasteiger partial charge is 0.369 e. The Morgan fingerprint density at radius 2 is 2.12 bits per heavy atom. The Balaban J connectivity index is 2.16. The first-order valence-corrected chi connectivity index (χ1v) is 8.27. The highest BCUT2D eigenvalue weighted by atomic mass is 19.1. The van der Waals surface area contributed by atoms with Crippen LogP contribution in [0.1, 0.15) is 45.8 Å². The van der Waals surface area contributed by atoms with Gasteiger partial charge < -0.3 is 10.5 Å². The number of alkyl halides is 1. The number of nitrogens with one attached hydrogen (secondary N) is 1. The summed E-state index contributed by atoms with van der Waals surface area (Å²) in [4.78, 5) is 31.5. The highest BCUT2D eigenvalue weighted by Gasteiger charge is 2.38. The molecule has 132 valence electrons. The number of halogens is 1. The Labute approximate surface area is 137 Å². The Morgan fingerprint density at radius 3 is 2.79 bits per heavy atom. The van der Waals surface area contributed by atoms with Crippen LogP contribution in [-0.2, 0) is 11.3 Å². The van der Waals surface area contributed by atoms with Gasteiger partial charge in [-0.1, -0.05) is 20.3 Å². The number of nitrogens with two attached hydrogens (primary N) is 1. The quantitative estimate of drug-likeness (QED) is 0.854. The van der Waals surface area contributed by atoms with Crippen LogP contribution in [-0.4, -0.2) is 31.4 Å². The van der Waals surface area contributed by atoms with Gasteiger partial charge in [-0.05, 0) is 12.8 Å². The molecule has 3 N–H and O–H groups in total. The zero-order valence-electron chi connectivity index (χ0n) is 13.8. The topological polar surface area (TPSA) is 108 Å². The maximum Gasteiger partial charge on any atom is 0.332 e. The highest BCUT2D eigenvalue weighted by Crippen LogP contribution is 2.33. The smallest absolute Gasteiger partial charge is 0.332 e. The molecule has 1 aliphatic heterocycles. The summed E-state index contributed by atoms with van der Waals surface area (Å²) < 4.78 is 22.6. The molecule has 2 aromatic heterocycles. The molecule has 2 unspecified atom stereocenters. The van der Waals surface area contributed by atoms with Gasteiger partial charge in [0.15, 0.2) is 11.2 Å². The third-order valence-corrected chi connectivity index (χ3v) is 4.30. The maximum atomic E-state index is 14.2. The molecule has 0 radical (unpaired) electrons. The van der Waals surface area contributed by atoms with Gasteiger partial charge in [-0.15, -0.1) is 0 Å². The minimum Gasteiger partial charge on any atom is -0.369 e. The van der Waals surface area contributed by atoms with Crippen LogP contribution in [0.2, 0.25) is 0 Å². The molecule has 1 aliphatic rings. The summed E-state index contributed by atoms with van der Waals surface area (Å²) in [6, 6.07) is 0. The Morgan fingerprint density at radius 1 is 1.38 bits per heavy atom. The number of ether oxygens (including phenoxy) is 1. The van der Waals surface area contributed by atoms with Crippen LogP contribution in [0.15, 0.2) is 9.59 Å². The van der Waals surface area contributed by atoms with Crippen molar-refractivity contribution < 1.29 is 9.13 Å². The standard InChI is InChI=1S/C15H22FN5O3/c1-3-5-9-8(16)7-10(24-9)21-12-11(13(22)19-14(17)18-12)20(6-4-2)15(21)23/h8-10H,3-7H2,1-2H3,(H3,17,18,19,22)/t8-,9?,10?/m1/s1. The SMILES string of the molecule is CCCC1OC(n2c(=O)n(CCC)c3c(=O)[nH]c(N)nc32)C[C@H]1F. The fraction of sp³-hybridized carbons (Fsp3) is 0.667. The molecule has 3 heterocycles. The molecule has 3 rings (SSSR count). The highest BCUT2D eigenvalue weighted by molar-refractivity contribution is 5.71. The Kier molecular flexibility index (Phi) is 4.44. The van der Waals surface area contributed by atoms with E-state index in [0.717, 1.165) is 6.42 Å². The Hall–Kier alpha value is -2.16. The molecular weight excluding hydrogens is 317 g/mol. The van der Waals surface area contributed by atoms with Crippen LogP contribution in [0.5, 0.6) is 0 Å². The first kappa shape index (κ1) is 16.7. The van der Waals surface area contributed by atoms with Gasteiger partial charge >= 0.3 is 5.69 Å². The molecule has 0 spiro atoms. The van der Waals surface area contributed by atoms with E-state index < -0.39 is 29.8 Å². The number of aryl methyl sites for hydroxylation is 1. The summed E-state index contributed by atoms with van der Waals surface area (Å²) in [5.74, 6) is -0.0881. The average molecular weight is 339 g/mol. The van der Waals surface area contributed by atoms with E-state index in [1.165, 1.54) is 9.13 Å². The van der Waals surface area contributed by atoms with E-state index in [0.29, 0.717) is 19.4 Å². The van der Waals surface area contributed by atoms with Gasteiger partial charge in [-0.3, -0.25) is 14.3 Å². The minimum absolute atomic E-state index is 0.0597. The molecule has 1 saturated heterocycles. The monoisotopic (exact) mass is 339 g/mol. The van der Waals surface area contributed by atoms with Crippen LogP contribution in [0, 0.1) is 0 Å². The van der Waals surface area contributed by atoms with E-state index in [2.05, 4.69) is 9.97 Å². The molecule has 0 bridgehead atoms. The first-order valence-electron chi connectivity index (χ1n) is 8.27. The molecule has 0 aromatic carbocycles. The molecule has 9 heteroatoms. The molecule has 0 aliphatic carbocycles. The van der Waals surface area contributed by atoms with Crippen molar-refractivity contribution in [1.82, 2.24) is 19.1 Å². The maximum absolute atomic E-state index is 14.2. The summed E-state index contributed by atoms with van der Waals surface area (Å²) >= 11 is 0. The molecule has 1 fully saturated rings. The summed E-state index contributed by atoms with van der Waals surface area (Å²) in [7, 11) is 0. The molecule has 0 amide bonds. The fourth-order valence-corrected chi connectivity index (χ4v) is 3.28. The molecule has 24 heavy (non-hydrogen) atoms. The number of rotatable bonds is 5. The van der Waals surface area contributed by atoms with E-state index in [1.54, 1.807) is 0 Å². The number of aromatic amines is 1. The molecule has 0 saturated carbocycles. The van der Waals surface area contributed by atoms with Crippen molar-refractivity contribution in [2.75, 3.05) is 5.73 Å². The lowest BCUT2D eigenvalue weighted by molar-refractivity contribution is -0.0119. The predicted molar refractivity (Wildman–Crippen MR) is 87.6 cm³/mol. The normalized spacial score (nSPS) is 24.0. The van der Waals surface area contributed by atoms with Gasteiger partial charge in [0.05, 0.1) is 6.10 Å². The molecular formula is C15H22FN5O3. The van der Waals surface area contributed by atoms with Gasteiger partial charge in [-0.25, -0.2) is 13.8 Å². The number of hydrogen-bond acceptors (Lipinski definition) is 5. The van der Waals surface area contributed by atoms with Crippen LogP contribution >= 0.6 is 0 Å². The molecule has 2 aromatic rings. The zero-order valence-corrected chi connectivity index (χ0v) is 13.8. The molecule has 3 atom stereocenters. The number of fused-ring (bicyclic) bond motifs is 1. The van der Waals surface area contributed by atoms with E-state index in [4.69, 9.17) is 10.5 Å². The van der Waals surface area contributed by atoms with Gasteiger partial charge in [-0.2, -0.15) is 4.98 Å². The number of hydrogen-bond donors (Lipinski definition) is 2. The third-order valence-electron chi connectivity index (χ3n) is 4.30. The first-order chi connectivity index (χ1) is 11.5. The van der Waals surface area contributed by atoms with Gasteiger partial charge in [0.1, 0.15) is 12.4 Å². The summed E-state index contributed by atoms with van der Waals surface area (Å²) in [5, 5.41) is 0. The summed E-state index contributed by atoms with van der Waals surface area (Å²) in [5.41, 5.74) is 5.00. The lowest BCUT2D eigenvalue weighted by atomic mass is 10.1. The second-order valence-corrected chi connectivity index (χ2v) is 6.10. The summed E-state index contributed by atoms with van der Waals surface area (Å²) in [6.07, 6.45) is -0.381. The van der Waals surface area contributed by atoms with Crippen molar-refractivity contribution in [1.29, 1.82) is 0 Å². The van der Waals surface area contributed by atoms with E-state index in [-0.39, 0.29) is 23.5 Å². The van der Waals surface area contributed by atoms with Crippen molar-refractivity contribution >= 4 is 17.1 Å². The lowest BCUT2D eigenvalue weighted by Crippen LogP contribution is -2.28. The van der Waals surface area contributed by atoms with Crippen molar-refractivity contribution in [3.8, 4) is 0 Å². The number of anilines is 1. The minimum atomic E-state index is -1.15. The second kappa shape index (κ2) is 6.39. The van der Waals surface area contributed by atoms with Crippen LogP contribution in [0.3, 0.4) is 0 Å². The number of nitrogens with zero attached hydrogens (tertiary/aromatic N) is 3. The fourth-order valence-electron chi connectivity index (χ4n) is 3.28. The average Bonchev–Trinajstić information content (AvgIpc) is 2.99. The van der Waals surface area contributed by atoms with E-state index in [9.17, 15) is 14.0 Å². The lowest BCUT2D eigenvalue weighted by Gasteiger charge is -2.14. The predicted octanol–water partition coefficient (Wildman–Crippen LogP) is 1.30. The third kappa shape index (κ3) is 2.62. The number of nitrogen functional groups attached to an aromatic ring is 1. The van der Waals surface area contributed by atoms with Crippen molar-refractivity contribution in [2.45, 2.75) is 64.6 Å². The van der Waals surface area contributed by atoms with Crippen LogP contribution < -0.4 is 17.0 Å². The van der Waals surface area contributed by atoms with E-state index in [1.807, 2.05) is 13.8 Å². The van der Waals surface area contributed by atoms with Gasteiger partial charge in [0.2, 0.25) is 5.95 Å². The number of imidazole rings is 1. The summed E-state index contributed by atoms with van der Waals surface area (Å²) in [6.45, 7) is 4.21. The van der Waals surface area contributed by atoms with E-state index >= 15 is 0 Å². The van der Waals surface area contributed by atoms with Crippen molar-refractivity contribution in [3.05, 3.63) is 20.8 Å². The zero-order chi connectivity index (χ0) is 17.4. The number of H-pyrrole nitrogens is 1. The number of aromatic nitrogens is 4. The molecule has 8 nitrogen and oxygen atoms in total. The van der Waals surface area contributed by atoms with Crippen LogP contribution in [0.4, 0.5) is 10.3 Å². The van der Waals surface area contributed by atoms with Crippen molar-refractivity contribution in [3.63, 3.8) is 0 Å². The second-order valence-electron chi connectivity index (χ2n) is 6.10. The van der Waals surface area contributed by atoms with Crippen molar-refractivity contribution in [2.24, 2.45) is 0 Å². The van der Waals surface area contributed by atoms with Crippen LogP contribution in [0.25, 0.3) is 11.2 Å². The Bertz CT molecular complexity index is 855.